The van der Waals surface area contributed by atoms with Crippen LogP contribution >= 0.6 is 0 Å². The third-order valence-electron chi connectivity index (χ3n) is 5.25. The summed E-state index contributed by atoms with van der Waals surface area (Å²) in [6, 6.07) is 11.6. The van der Waals surface area contributed by atoms with Crippen molar-refractivity contribution in [3.63, 3.8) is 0 Å². The van der Waals surface area contributed by atoms with Crippen molar-refractivity contribution in [2.75, 3.05) is 16.9 Å². The Balaban J connectivity index is 1.54. The third kappa shape index (κ3) is 5.66. The van der Waals surface area contributed by atoms with Gasteiger partial charge in [-0.3, -0.25) is 0 Å². The molecule has 12 heteroatoms. The normalized spacial score (nSPS) is 15.8. The number of sulfonamides is 2. The van der Waals surface area contributed by atoms with Gasteiger partial charge in [-0.1, -0.05) is 6.07 Å². The van der Waals surface area contributed by atoms with E-state index in [4.69, 9.17) is 5.14 Å². The van der Waals surface area contributed by atoms with Crippen LogP contribution < -0.4 is 20.5 Å². The van der Waals surface area contributed by atoms with E-state index in [1.807, 2.05) is 25.1 Å². The fraction of sp³-hybridized carbons (Fsp3) is 0.238. The van der Waals surface area contributed by atoms with Gasteiger partial charge in [0.2, 0.25) is 26.0 Å². The molecule has 2 aromatic carbocycles. The molecule has 174 valence electrons. The number of hydrogen-bond donors (Lipinski definition) is 4. The molecule has 0 saturated carbocycles. The molecule has 1 heterocycles. The fourth-order valence-electron chi connectivity index (χ4n) is 3.68. The first-order chi connectivity index (χ1) is 15.5. The summed E-state index contributed by atoms with van der Waals surface area (Å²) in [5.41, 5.74) is 4.26. The SMILES string of the molecule is Cc1cnc(Nc2ccc(S(N)(=O)=O)cc2)nc1Nc1ccc2c(c1)C(NS(C)(=O)=O)CC2. The zero-order valence-corrected chi connectivity index (χ0v) is 19.7. The third-order valence-corrected chi connectivity index (χ3v) is 6.90. The molecule has 0 amide bonds. The van der Waals surface area contributed by atoms with E-state index in [1.54, 1.807) is 18.3 Å². The van der Waals surface area contributed by atoms with Gasteiger partial charge in [0.25, 0.3) is 0 Å². The van der Waals surface area contributed by atoms with Gasteiger partial charge in [-0.2, -0.15) is 4.98 Å². The van der Waals surface area contributed by atoms with E-state index < -0.39 is 20.0 Å². The van der Waals surface area contributed by atoms with Crippen molar-refractivity contribution < 1.29 is 16.8 Å². The van der Waals surface area contributed by atoms with E-state index in [-0.39, 0.29) is 10.9 Å². The number of benzene rings is 2. The Kier molecular flexibility index (Phi) is 6.10. The van der Waals surface area contributed by atoms with Crippen molar-refractivity contribution in [1.29, 1.82) is 0 Å². The lowest BCUT2D eigenvalue weighted by Gasteiger charge is -2.15. The van der Waals surface area contributed by atoms with E-state index >= 15 is 0 Å². The van der Waals surface area contributed by atoms with Crippen LogP contribution in [-0.2, 0) is 26.5 Å². The van der Waals surface area contributed by atoms with Gasteiger partial charge < -0.3 is 10.6 Å². The Morgan fingerprint density at radius 2 is 1.70 bits per heavy atom. The van der Waals surface area contributed by atoms with Crippen LogP contribution in [0, 0.1) is 6.92 Å². The standard InChI is InChI=1S/C21H24N6O4S2/c1-13-12-23-21(25-15-6-8-17(9-7-15)33(22,30)31)26-20(13)24-16-5-3-14-4-10-19(18(14)11-16)27-32(2,28)29/h3,5-9,11-12,19,27H,4,10H2,1-2H3,(H2,22,30,31)(H2,23,24,25,26). The Morgan fingerprint density at radius 3 is 2.36 bits per heavy atom. The molecule has 1 atom stereocenters. The van der Waals surface area contributed by atoms with Crippen molar-refractivity contribution in [3.8, 4) is 0 Å². The summed E-state index contributed by atoms with van der Waals surface area (Å²) >= 11 is 0. The minimum Gasteiger partial charge on any atom is -0.340 e. The number of nitrogens with one attached hydrogen (secondary N) is 3. The topological polar surface area (TPSA) is 156 Å². The number of aryl methyl sites for hydroxylation is 2. The molecule has 1 aliphatic rings. The average Bonchev–Trinajstić information content (AvgIpc) is 3.11. The highest BCUT2D eigenvalue weighted by Crippen LogP contribution is 2.34. The van der Waals surface area contributed by atoms with Crippen molar-refractivity contribution in [2.45, 2.75) is 30.7 Å². The summed E-state index contributed by atoms with van der Waals surface area (Å²) < 4.78 is 48.9. The number of primary sulfonamides is 1. The number of hydrogen-bond acceptors (Lipinski definition) is 8. The van der Waals surface area contributed by atoms with E-state index in [0.29, 0.717) is 17.5 Å². The van der Waals surface area contributed by atoms with Crippen LogP contribution in [0.4, 0.5) is 23.1 Å². The van der Waals surface area contributed by atoms with Crippen LogP contribution in [-0.4, -0.2) is 33.1 Å². The highest BCUT2D eigenvalue weighted by molar-refractivity contribution is 7.89. The first-order valence-corrected chi connectivity index (χ1v) is 13.5. The van der Waals surface area contributed by atoms with Gasteiger partial charge in [0.15, 0.2) is 0 Å². The number of nitrogens with two attached hydrogens (primary N) is 1. The second-order valence-corrected chi connectivity index (χ2v) is 11.3. The number of anilines is 4. The van der Waals surface area contributed by atoms with Crippen LogP contribution in [0.5, 0.6) is 0 Å². The van der Waals surface area contributed by atoms with Crippen molar-refractivity contribution in [3.05, 3.63) is 65.4 Å². The number of fused-ring (bicyclic) bond motifs is 1. The number of aromatic nitrogens is 2. The first kappa shape index (κ1) is 23.1. The van der Waals surface area contributed by atoms with Gasteiger partial charge in [-0.05, 0) is 67.3 Å². The van der Waals surface area contributed by atoms with Gasteiger partial charge >= 0.3 is 0 Å². The zero-order valence-electron chi connectivity index (χ0n) is 18.0. The molecular weight excluding hydrogens is 464 g/mol. The first-order valence-electron chi connectivity index (χ1n) is 10.1. The quantitative estimate of drug-likeness (QED) is 0.395. The fourth-order valence-corrected chi connectivity index (χ4v) is 4.96. The van der Waals surface area contributed by atoms with Crippen molar-refractivity contribution >= 4 is 43.2 Å². The van der Waals surface area contributed by atoms with Gasteiger partial charge in [0.05, 0.1) is 11.2 Å². The molecule has 3 aromatic rings. The summed E-state index contributed by atoms with van der Waals surface area (Å²) in [6.45, 7) is 1.87. The van der Waals surface area contributed by atoms with Crippen molar-refractivity contribution in [1.82, 2.24) is 14.7 Å². The van der Waals surface area contributed by atoms with Crippen LogP contribution in [0.15, 0.2) is 53.6 Å². The molecule has 5 N–H and O–H groups in total. The zero-order chi connectivity index (χ0) is 23.8. The molecule has 0 bridgehead atoms. The molecular formula is C21H24N6O4S2. The van der Waals surface area contributed by atoms with Gasteiger partial charge in [-0.15, -0.1) is 0 Å². The highest BCUT2D eigenvalue weighted by atomic mass is 32.2. The molecule has 0 aliphatic heterocycles. The lowest BCUT2D eigenvalue weighted by Crippen LogP contribution is -2.25. The Hall–Kier alpha value is -3.06. The smallest absolute Gasteiger partial charge is 0.238 e. The molecule has 0 radical (unpaired) electrons. The van der Waals surface area contributed by atoms with Crippen molar-refractivity contribution in [2.24, 2.45) is 5.14 Å². The predicted octanol–water partition coefficient (Wildman–Crippen LogP) is 2.46. The summed E-state index contributed by atoms with van der Waals surface area (Å²) in [6.07, 6.45) is 4.36. The van der Waals surface area contributed by atoms with E-state index in [0.717, 1.165) is 41.5 Å². The second kappa shape index (κ2) is 8.71. The molecule has 0 saturated heterocycles. The van der Waals surface area contributed by atoms with Gasteiger partial charge in [-0.25, -0.2) is 31.7 Å². The molecule has 1 unspecified atom stereocenters. The van der Waals surface area contributed by atoms with Crippen LogP contribution in [0.3, 0.4) is 0 Å². The monoisotopic (exact) mass is 488 g/mol. The molecule has 4 rings (SSSR count). The lowest BCUT2D eigenvalue weighted by atomic mass is 10.1. The van der Waals surface area contributed by atoms with Gasteiger partial charge in [0.1, 0.15) is 5.82 Å². The maximum absolute atomic E-state index is 11.7. The summed E-state index contributed by atoms with van der Waals surface area (Å²) in [4.78, 5) is 8.81. The summed E-state index contributed by atoms with van der Waals surface area (Å²) in [5, 5.41) is 11.4. The number of nitrogens with zero attached hydrogens (tertiary/aromatic N) is 2. The van der Waals surface area contributed by atoms with E-state index in [9.17, 15) is 16.8 Å². The average molecular weight is 489 g/mol. The highest BCUT2D eigenvalue weighted by Gasteiger charge is 2.25. The maximum Gasteiger partial charge on any atom is 0.238 e. The Labute approximate surface area is 192 Å². The van der Waals surface area contributed by atoms with Crippen LogP contribution in [0.1, 0.15) is 29.2 Å². The molecule has 1 aliphatic carbocycles. The largest absolute Gasteiger partial charge is 0.340 e. The molecule has 1 aromatic heterocycles. The minimum atomic E-state index is -3.76. The summed E-state index contributed by atoms with van der Waals surface area (Å²) in [7, 11) is -7.08. The molecule has 33 heavy (non-hydrogen) atoms. The predicted molar refractivity (Wildman–Crippen MR) is 127 cm³/mol. The lowest BCUT2D eigenvalue weighted by molar-refractivity contribution is 0.560. The second-order valence-electron chi connectivity index (χ2n) is 7.94. The molecule has 10 nitrogen and oxygen atoms in total. The Bertz CT molecular complexity index is 1410. The van der Waals surface area contributed by atoms with Crippen LogP contribution in [0.25, 0.3) is 0 Å². The van der Waals surface area contributed by atoms with Gasteiger partial charge in [0, 0.05) is 29.2 Å². The molecule has 0 spiro atoms. The van der Waals surface area contributed by atoms with Crippen LogP contribution in [0.2, 0.25) is 0 Å². The van der Waals surface area contributed by atoms with E-state index in [1.165, 1.54) is 12.1 Å². The number of rotatable bonds is 7. The summed E-state index contributed by atoms with van der Waals surface area (Å²) in [5.74, 6) is 0.906. The minimum absolute atomic E-state index is 0.0144. The molecule has 0 fully saturated rings. The Morgan fingerprint density at radius 1 is 1.00 bits per heavy atom. The maximum atomic E-state index is 11.7. The van der Waals surface area contributed by atoms with E-state index in [2.05, 4.69) is 25.3 Å².